The highest BCUT2D eigenvalue weighted by molar-refractivity contribution is 6.36. The van der Waals surface area contributed by atoms with Gasteiger partial charge in [-0.3, -0.25) is 0 Å². The smallest absolute Gasteiger partial charge is 0.141 e. The lowest BCUT2D eigenvalue weighted by Crippen LogP contribution is -2.14. The molecule has 0 bridgehead atoms. The van der Waals surface area contributed by atoms with E-state index in [9.17, 15) is 4.39 Å². The third-order valence-electron chi connectivity index (χ3n) is 1.73. The topological polar surface area (TPSA) is 12.0 Å². The van der Waals surface area contributed by atoms with Crippen molar-refractivity contribution in [1.29, 1.82) is 0 Å². The van der Waals surface area contributed by atoms with Crippen molar-refractivity contribution in [2.75, 3.05) is 6.54 Å². The Bertz CT molecular complexity index is 366. The van der Waals surface area contributed by atoms with Crippen LogP contribution in [0.25, 0.3) is 0 Å². The van der Waals surface area contributed by atoms with Crippen molar-refractivity contribution in [3.05, 3.63) is 45.2 Å². The summed E-state index contributed by atoms with van der Waals surface area (Å²) in [7, 11) is 0. The van der Waals surface area contributed by atoms with Gasteiger partial charge in [0.1, 0.15) is 5.82 Å². The minimum absolute atomic E-state index is 0.119. The second-order valence-corrected chi connectivity index (χ2v) is 4.02. The molecule has 1 rings (SSSR count). The van der Waals surface area contributed by atoms with E-state index in [0.29, 0.717) is 18.1 Å². The third-order valence-corrected chi connectivity index (χ3v) is 2.63. The Labute approximate surface area is 103 Å². The van der Waals surface area contributed by atoms with E-state index < -0.39 is 5.82 Å². The zero-order valence-electron chi connectivity index (χ0n) is 7.74. The lowest BCUT2D eigenvalue weighted by atomic mass is 10.2. The summed E-state index contributed by atoms with van der Waals surface area (Å²) >= 11 is 16.7. The Hall–Kier alpha value is -0.280. The van der Waals surface area contributed by atoms with E-state index in [-0.39, 0.29) is 5.02 Å². The first kappa shape index (κ1) is 12.8. The van der Waals surface area contributed by atoms with Gasteiger partial charge >= 0.3 is 0 Å². The van der Waals surface area contributed by atoms with Crippen molar-refractivity contribution in [2.24, 2.45) is 0 Å². The first-order chi connectivity index (χ1) is 7.13. The number of halogens is 4. The Kier molecular flexibility index (Phi) is 5.40. The van der Waals surface area contributed by atoms with Gasteiger partial charge in [0, 0.05) is 23.7 Å². The van der Waals surface area contributed by atoms with Crippen LogP contribution in [0.1, 0.15) is 5.56 Å². The lowest BCUT2D eigenvalue weighted by Gasteiger charge is -2.04. The van der Waals surface area contributed by atoms with Crippen LogP contribution in [-0.4, -0.2) is 6.54 Å². The molecule has 0 saturated carbocycles. The molecule has 15 heavy (non-hydrogen) atoms. The molecule has 0 heterocycles. The SMILES string of the molecule is Fc1ccc(CNCC(Cl)=CCl)cc1Cl. The summed E-state index contributed by atoms with van der Waals surface area (Å²) in [6, 6.07) is 4.56. The molecule has 0 atom stereocenters. The second kappa shape index (κ2) is 6.33. The highest BCUT2D eigenvalue weighted by Crippen LogP contribution is 2.15. The first-order valence-corrected chi connectivity index (χ1v) is 5.42. The molecule has 0 amide bonds. The maximum Gasteiger partial charge on any atom is 0.141 e. The van der Waals surface area contributed by atoms with Gasteiger partial charge in [-0.25, -0.2) is 4.39 Å². The fraction of sp³-hybridized carbons (Fsp3) is 0.200. The standard InChI is InChI=1S/C10H9Cl3FN/c11-4-8(12)6-15-5-7-1-2-10(14)9(13)3-7/h1-4,15H,5-6H2. The Morgan fingerprint density at radius 2 is 2.20 bits per heavy atom. The Balaban J connectivity index is 2.48. The largest absolute Gasteiger partial charge is 0.308 e. The van der Waals surface area contributed by atoms with Gasteiger partial charge in [0.2, 0.25) is 0 Å². The average molecular weight is 269 g/mol. The molecule has 0 saturated heterocycles. The van der Waals surface area contributed by atoms with E-state index in [0.717, 1.165) is 5.56 Å². The first-order valence-electron chi connectivity index (χ1n) is 4.23. The average Bonchev–Trinajstić information content (AvgIpc) is 2.23. The molecule has 0 radical (unpaired) electrons. The normalized spacial score (nSPS) is 11.9. The highest BCUT2D eigenvalue weighted by atomic mass is 35.5. The molecule has 0 aliphatic rings. The number of hydrogen-bond donors (Lipinski definition) is 1. The Morgan fingerprint density at radius 3 is 2.80 bits per heavy atom. The number of hydrogen-bond acceptors (Lipinski definition) is 1. The van der Waals surface area contributed by atoms with Crippen LogP contribution in [0.2, 0.25) is 5.02 Å². The lowest BCUT2D eigenvalue weighted by molar-refractivity contribution is 0.626. The fourth-order valence-corrected chi connectivity index (χ4v) is 1.39. The number of rotatable bonds is 4. The molecule has 0 unspecified atom stereocenters. The summed E-state index contributed by atoms with van der Waals surface area (Å²) in [5.41, 5.74) is 2.19. The second-order valence-electron chi connectivity index (χ2n) is 2.91. The van der Waals surface area contributed by atoms with Crippen molar-refractivity contribution in [3.63, 3.8) is 0 Å². The molecular weight excluding hydrogens is 259 g/mol. The summed E-state index contributed by atoms with van der Waals surface area (Å²) in [5, 5.41) is 3.67. The van der Waals surface area contributed by atoms with E-state index >= 15 is 0 Å². The highest BCUT2D eigenvalue weighted by Gasteiger charge is 2.00. The molecule has 1 aromatic carbocycles. The maximum absolute atomic E-state index is 12.8. The van der Waals surface area contributed by atoms with Crippen molar-refractivity contribution in [1.82, 2.24) is 5.32 Å². The van der Waals surface area contributed by atoms with Crippen LogP contribution >= 0.6 is 34.8 Å². The quantitative estimate of drug-likeness (QED) is 0.873. The Morgan fingerprint density at radius 1 is 1.47 bits per heavy atom. The predicted molar refractivity (Wildman–Crippen MR) is 62.9 cm³/mol. The van der Waals surface area contributed by atoms with E-state index in [1.807, 2.05) is 0 Å². The zero-order valence-corrected chi connectivity index (χ0v) is 10.0. The van der Waals surface area contributed by atoms with Crippen LogP contribution in [0.4, 0.5) is 4.39 Å². The van der Waals surface area contributed by atoms with Crippen LogP contribution in [0.5, 0.6) is 0 Å². The van der Waals surface area contributed by atoms with E-state index in [1.54, 1.807) is 12.1 Å². The van der Waals surface area contributed by atoms with Gasteiger partial charge in [0.05, 0.1) is 5.02 Å². The van der Waals surface area contributed by atoms with Crippen LogP contribution in [-0.2, 0) is 6.54 Å². The van der Waals surface area contributed by atoms with E-state index in [4.69, 9.17) is 34.8 Å². The number of benzene rings is 1. The predicted octanol–water partition coefficient (Wildman–Crippen LogP) is 3.89. The molecule has 1 nitrogen and oxygen atoms in total. The summed E-state index contributed by atoms with van der Waals surface area (Å²) in [6.07, 6.45) is 0. The van der Waals surface area contributed by atoms with E-state index in [2.05, 4.69) is 5.32 Å². The van der Waals surface area contributed by atoms with Crippen molar-refractivity contribution in [3.8, 4) is 0 Å². The zero-order chi connectivity index (χ0) is 11.3. The molecule has 82 valence electrons. The van der Waals surface area contributed by atoms with Crippen molar-refractivity contribution >= 4 is 34.8 Å². The van der Waals surface area contributed by atoms with Crippen molar-refractivity contribution < 1.29 is 4.39 Å². The van der Waals surface area contributed by atoms with Crippen molar-refractivity contribution in [2.45, 2.75) is 6.54 Å². The summed E-state index contributed by atoms with van der Waals surface area (Å²) in [5.74, 6) is -0.417. The van der Waals surface area contributed by atoms with Gasteiger partial charge in [-0.2, -0.15) is 0 Å². The van der Waals surface area contributed by atoms with Crippen LogP contribution in [0, 0.1) is 5.82 Å². The molecule has 0 fully saturated rings. The monoisotopic (exact) mass is 267 g/mol. The molecule has 0 aliphatic carbocycles. The van der Waals surface area contributed by atoms with Crippen LogP contribution in [0.15, 0.2) is 28.8 Å². The fourth-order valence-electron chi connectivity index (χ4n) is 1.01. The van der Waals surface area contributed by atoms with Gasteiger partial charge in [0.15, 0.2) is 0 Å². The molecular formula is C10H9Cl3FN. The molecule has 0 spiro atoms. The minimum Gasteiger partial charge on any atom is -0.308 e. The van der Waals surface area contributed by atoms with Gasteiger partial charge in [-0.1, -0.05) is 40.9 Å². The summed E-state index contributed by atoms with van der Waals surface area (Å²) in [6.45, 7) is 1.03. The molecule has 1 aromatic rings. The molecule has 5 heteroatoms. The van der Waals surface area contributed by atoms with Gasteiger partial charge in [-0.05, 0) is 17.7 Å². The maximum atomic E-state index is 12.8. The van der Waals surface area contributed by atoms with Crippen LogP contribution < -0.4 is 5.32 Å². The van der Waals surface area contributed by atoms with E-state index in [1.165, 1.54) is 11.6 Å². The molecule has 0 aromatic heterocycles. The summed E-state index contributed by atoms with van der Waals surface area (Å²) in [4.78, 5) is 0. The summed E-state index contributed by atoms with van der Waals surface area (Å²) < 4.78 is 12.8. The molecule has 1 N–H and O–H groups in total. The van der Waals surface area contributed by atoms with Gasteiger partial charge < -0.3 is 5.32 Å². The number of nitrogens with one attached hydrogen (secondary N) is 1. The van der Waals surface area contributed by atoms with Gasteiger partial charge in [0.25, 0.3) is 0 Å². The molecule has 0 aliphatic heterocycles. The van der Waals surface area contributed by atoms with Gasteiger partial charge in [-0.15, -0.1) is 0 Å². The third kappa shape index (κ3) is 4.39. The van der Waals surface area contributed by atoms with Crippen LogP contribution in [0.3, 0.4) is 0 Å². The minimum atomic E-state index is -0.417.